The average Bonchev–Trinajstić information content (AvgIpc) is 3.70. The van der Waals surface area contributed by atoms with E-state index in [0.717, 1.165) is 0 Å². The van der Waals surface area contributed by atoms with Gasteiger partial charge in [-0.1, -0.05) is 11.6 Å². The van der Waals surface area contributed by atoms with Crippen LogP contribution < -0.4 is 14.8 Å². The fourth-order valence-electron chi connectivity index (χ4n) is 4.35. The van der Waals surface area contributed by atoms with Crippen molar-refractivity contribution in [3.63, 3.8) is 0 Å². The predicted octanol–water partition coefficient (Wildman–Crippen LogP) is 5.68. The van der Waals surface area contributed by atoms with E-state index in [1.165, 1.54) is 25.0 Å². The summed E-state index contributed by atoms with van der Waals surface area (Å²) in [6.07, 6.45) is 4.85. The van der Waals surface area contributed by atoms with E-state index in [1.807, 2.05) is 0 Å². The number of carbonyl (C=O) groups excluding carboxylic acids is 2. The molecule has 0 unspecified atom stereocenters. The first kappa shape index (κ1) is 26.9. The van der Waals surface area contributed by atoms with Crippen LogP contribution in [0, 0.1) is 17.7 Å². The largest absolute Gasteiger partial charge is 0.492 e. The maximum Gasteiger partial charge on any atom is 0.306 e. The number of ether oxygens (including phenoxy) is 2. The fourth-order valence-corrected chi connectivity index (χ4v) is 4.59. The molecule has 0 saturated heterocycles. The summed E-state index contributed by atoms with van der Waals surface area (Å²) in [5.41, 5.74) is 0.370. The van der Waals surface area contributed by atoms with Crippen molar-refractivity contribution in [1.29, 1.82) is 0 Å². The summed E-state index contributed by atoms with van der Waals surface area (Å²) in [6.45, 7) is 0.884. The van der Waals surface area contributed by atoms with Crippen LogP contribution in [0.1, 0.15) is 72.1 Å². The first-order valence-corrected chi connectivity index (χ1v) is 13.1. The maximum absolute atomic E-state index is 14.6. The van der Waals surface area contributed by atoms with Gasteiger partial charge in [0, 0.05) is 24.6 Å². The highest BCUT2D eigenvalue weighted by molar-refractivity contribution is 6.32. The SMILES string of the molecule is O=C(NCCCC(=O)c1ccc(OC2CCC(C(=O)O)CC2)cc1F)c1ccc(OCC2CC2)c(Cl)c1. The Hall–Kier alpha value is -3.13. The second-order valence-corrected chi connectivity index (χ2v) is 10.2. The minimum absolute atomic E-state index is 0.0261. The number of halogens is 2. The number of carboxylic acid groups (broad SMARTS) is 1. The number of amides is 1. The Balaban J connectivity index is 1.19. The van der Waals surface area contributed by atoms with Crippen molar-refractivity contribution in [2.75, 3.05) is 13.2 Å². The Labute approximate surface area is 220 Å². The van der Waals surface area contributed by atoms with E-state index in [0.29, 0.717) is 66.7 Å². The normalized spacial score (nSPS) is 19.2. The summed E-state index contributed by atoms with van der Waals surface area (Å²) in [7, 11) is 0. The van der Waals surface area contributed by atoms with Gasteiger partial charge < -0.3 is 19.9 Å². The molecule has 0 bridgehead atoms. The molecule has 0 aromatic heterocycles. The van der Waals surface area contributed by atoms with E-state index in [-0.39, 0.29) is 42.2 Å². The van der Waals surface area contributed by atoms with Crippen LogP contribution >= 0.6 is 11.6 Å². The second-order valence-electron chi connectivity index (χ2n) is 9.75. The van der Waals surface area contributed by atoms with Gasteiger partial charge in [0.1, 0.15) is 17.3 Å². The van der Waals surface area contributed by atoms with E-state index in [1.54, 1.807) is 24.3 Å². The zero-order valence-electron chi connectivity index (χ0n) is 20.5. The van der Waals surface area contributed by atoms with Gasteiger partial charge in [0.05, 0.1) is 29.2 Å². The third kappa shape index (κ3) is 7.68. The number of hydrogen-bond acceptors (Lipinski definition) is 5. The summed E-state index contributed by atoms with van der Waals surface area (Å²) in [5.74, 6) is -1.01. The first-order valence-electron chi connectivity index (χ1n) is 12.7. The van der Waals surface area contributed by atoms with Crippen molar-refractivity contribution in [3.8, 4) is 11.5 Å². The highest BCUT2D eigenvalue weighted by atomic mass is 35.5. The van der Waals surface area contributed by atoms with Gasteiger partial charge in [-0.2, -0.15) is 0 Å². The molecule has 9 heteroatoms. The van der Waals surface area contributed by atoms with Crippen LogP contribution in [-0.4, -0.2) is 42.0 Å². The van der Waals surface area contributed by atoms with Crippen molar-refractivity contribution >= 4 is 29.3 Å². The Bertz CT molecular complexity index is 1140. The highest BCUT2D eigenvalue weighted by Crippen LogP contribution is 2.32. The van der Waals surface area contributed by atoms with Crippen LogP contribution in [0.5, 0.6) is 11.5 Å². The molecule has 2 aromatic carbocycles. The lowest BCUT2D eigenvalue weighted by atomic mass is 9.87. The van der Waals surface area contributed by atoms with Gasteiger partial charge in [0.15, 0.2) is 5.78 Å². The van der Waals surface area contributed by atoms with Crippen LogP contribution in [0.3, 0.4) is 0 Å². The lowest BCUT2D eigenvalue weighted by Crippen LogP contribution is -2.27. The summed E-state index contributed by atoms with van der Waals surface area (Å²) < 4.78 is 26.1. The van der Waals surface area contributed by atoms with Crippen molar-refractivity contribution in [2.24, 2.45) is 11.8 Å². The van der Waals surface area contributed by atoms with Crippen LogP contribution in [0.25, 0.3) is 0 Å². The van der Waals surface area contributed by atoms with Crippen molar-refractivity contribution in [3.05, 3.63) is 58.4 Å². The van der Waals surface area contributed by atoms with E-state index in [2.05, 4.69) is 5.32 Å². The number of carbonyl (C=O) groups is 3. The van der Waals surface area contributed by atoms with E-state index in [9.17, 15) is 18.8 Å². The number of carboxylic acids is 1. The summed E-state index contributed by atoms with van der Waals surface area (Å²) in [6, 6.07) is 9.04. The minimum Gasteiger partial charge on any atom is -0.492 e. The average molecular weight is 532 g/mol. The molecule has 2 aromatic rings. The Kier molecular flexibility index (Phi) is 9.03. The van der Waals surface area contributed by atoms with Gasteiger partial charge in [-0.15, -0.1) is 0 Å². The van der Waals surface area contributed by atoms with Crippen molar-refractivity contribution < 1.29 is 33.4 Å². The first-order chi connectivity index (χ1) is 17.8. The molecule has 37 heavy (non-hydrogen) atoms. The van der Waals surface area contributed by atoms with Gasteiger partial charge in [0.2, 0.25) is 0 Å². The molecule has 1 amide bonds. The smallest absolute Gasteiger partial charge is 0.306 e. The molecule has 2 saturated carbocycles. The third-order valence-corrected chi connectivity index (χ3v) is 7.09. The molecule has 7 nitrogen and oxygen atoms in total. The van der Waals surface area contributed by atoms with Crippen LogP contribution in [-0.2, 0) is 4.79 Å². The van der Waals surface area contributed by atoms with Gasteiger partial charge in [0.25, 0.3) is 5.91 Å². The summed E-state index contributed by atoms with van der Waals surface area (Å²) in [5, 5.41) is 12.2. The number of hydrogen-bond donors (Lipinski definition) is 2. The molecule has 2 aliphatic rings. The lowest BCUT2D eigenvalue weighted by Gasteiger charge is -2.26. The van der Waals surface area contributed by atoms with Gasteiger partial charge >= 0.3 is 5.97 Å². The molecule has 0 spiro atoms. The van der Waals surface area contributed by atoms with E-state index in [4.69, 9.17) is 26.2 Å². The highest BCUT2D eigenvalue weighted by Gasteiger charge is 2.27. The number of Topliss-reactive ketones (excluding diaryl/α,β-unsaturated/α-hetero) is 1. The zero-order valence-corrected chi connectivity index (χ0v) is 21.3. The van der Waals surface area contributed by atoms with E-state index >= 15 is 0 Å². The second kappa shape index (κ2) is 12.4. The predicted molar refractivity (Wildman–Crippen MR) is 136 cm³/mol. The lowest BCUT2D eigenvalue weighted by molar-refractivity contribution is -0.143. The fraction of sp³-hybridized carbons (Fsp3) is 0.464. The molecule has 0 heterocycles. The zero-order chi connectivity index (χ0) is 26.4. The van der Waals surface area contributed by atoms with Gasteiger partial charge in [-0.05, 0) is 81.2 Å². The summed E-state index contributed by atoms with van der Waals surface area (Å²) in [4.78, 5) is 36.0. The molecule has 4 rings (SSSR count). The monoisotopic (exact) mass is 531 g/mol. The van der Waals surface area contributed by atoms with Crippen molar-refractivity contribution in [1.82, 2.24) is 5.32 Å². The maximum atomic E-state index is 14.6. The molecule has 2 aliphatic carbocycles. The van der Waals surface area contributed by atoms with Gasteiger partial charge in [-0.25, -0.2) is 4.39 Å². The number of benzene rings is 2. The number of rotatable bonds is 12. The number of aliphatic carboxylic acids is 1. The number of ketones is 1. The van der Waals surface area contributed by atoms with Gasteiger partial charge in [-0.3, -0.25) is 14.4 Å². The topological polar surface area (TPSA) is 102 Å². The molecular weight excluding hydrogens is 501 g/mol. The molecule has 0 aliphatic heterocycles. The Morgan fingerprint density at radius 1 is 1.03 bits per heavy atom. The molecule has 198 valence electrons. The Morgan fingerprint density at radius 3 is 2.43 bits per heavy atom. The minimum atomic E-state index is -0.792. The molecule has 2 fully saturated rings. The van der Waals surface area contributed by atoms with Crippen LogP contribution in [0.15, 0.2) is 36.4 Å². The standard InChI is InChI=1S/C28H31ClFNO6/c29-23-14-19(7-12-26(23)36-16-17-3-4-17)27(33)31-13-1-2-25(32)22-11-10-21(15-24(22)30)37-20-8-5-18(6-9-20)28(34)35/h7,10-12,14-15,17-18,20H,1-6,8-9,13,16H2,(H,31,33)(H,34,35). The molecule has 0 radical (unpaired) electrons. The number of nitrogens with one attached hydrogen (secondary N) is 1. The van der Waals surface area contributed by atoms with Crippen LogP contribution in [0.2, 0.25) is 5.02 Å². The van der Waals surface area contributed by atoms with Crippen LogP contribution in [0.4, 0.5) is 4.39 Å². The molecule has 0 atom stereocenters. The Morgan fingerprint density at radius 2 is 1.78 bits per heavy atom. The van der Waals surface area contributed by atoms with E-state index < -0.39 is 11.8 Å². The third-order valence-electron chi connectivity index (χ3n) is 6.80. The molecule has 2 N–H and O–H groups in total. The molecular formula is C28H31ClFNO6. The van der Waals surface area contributed by atoms with Crippen molar-refractivity contribution in [2.45, 2.75) is 57.5 Å². The summed E-state index contributed by atoms with van der Waals surface area (Å²) >= 11 is 6.23. The quantitative estimate of drug-likeness (QED) is 0.270.